The second kappa shape index (κ2) is 6.72. The zero-order chi connectivity index (χ0) is 19.1. The highest BCUT2D eigenvalue weighted by atomic mass is 35.5. The van der Waals surface area contributed by atoms with Crippen molar-refractivity contribution in [3.05, 3.63) is 69.9 Å². The molecule has 1 aliphatic heterocycles. The molecule has 1 amide bonds. The lowest BCUT2D eigenvalue weighted by atomic mass is 10.0. The number of amides is 1. The van der Waals surface area contributed by atoms with Crippen molar-refractivity contribution < 1.29 is 4.79 Å². The third-order valence-corrected chi connectivity index (χ3v) is 5.14. The predicted octanol–water partition coefficient (Wildman–Crippen LogP) is 3.74. The van der Waals surface area contributed by atoms with Gasteiger partial charge in [0.1, 0.15) is 5.82 Å². The Morgan fingerprint density at radius 2 is 2.11 bits per heavy atom. The van der Waals surface area contributed by atoms with Crippen LogP contribution in [0.1, 0.15) is 27.0 Å². The van der Waals surface area contributed by atoms with Crippen molar-refractivity contribution in [3.8, 4) is 0 Å². The van der Waals surface area contributed by atoms with E-state index >= 15 is 0 Å². The molecule has 0 fully saturated rings. The van der Waals surface area contributed by atoms with Crippen molar-refractivity contribution in [1.82, 2.24) is 9.78 Å². The van der Waals surface area contributed by atoms with Crippen LogP contribution in [0, 0.1) is 6.92 Å². The van der Waals surface area contributed by atoms with Crippen LogP contribution in [-0.2, 0) is 20.1 Å². The van der Waals surface area contributed by atoms with Gasteiger partial charge in [0.05, 0.1) is 24.1 Å². The standard InChI is InChI=1S/C20H20ClN5O/c1-12-7-13(3-4-14(12)9-22)20(27)26-11-15-10-23-25(2)19(15)24-17-8-16(21)5-6-18(17)26/h3-8,10,24H,9,11,22H2,1-2H3. The highest BCUT2D eigenvalue weighted by Gasteiger charge is 2.27. The Morgan fingerprint density at radius 3 is 2.85 bits per heavy atom. The molecule has 0 spiro atoms. The molecule has 3 N–H and O–H groups in total. The number of halogens is 1. The summed E-state index contributed by atoms with van der Waals surface area (Å²) in [6.45, 7) is 2.84. The number of aryl methyl sites for hydroxylation is 2. The van der Waals surface area contributed by atoms with Crippen LogP contribution in [0.3, 0.4) is 0 Å². The summed E-state index contributed by atoms with van der Waals surface area (Å²) in [4.78, 5) is 15.1. The molecule has 3 aromatic rings. The minimum Gasteiger partial charge on any atom is -0.338 e. The second-order valence-corrected chi connectivity index (χ2v) is 7.10. The van der Waals surface area contributed by atoms with E-state index in [9.17, 15) is 4.79 Å². The van der Waals surface area contributed by atoms with Gasteiger partial charge in [0.25, 0.3) is 5.91 Å². The fourth-order valence-electron chi connectivity index (χ4n) is 3.38. The molecule has 0 unspecified atom stereocenters. The summed E-state index contributed by atoms with van der Waals surface area (Å²) in [7, 11) is 1.86. The molecule has 0 bridgehead atoms. The molecule has 2 aromatic carbocycles. The third kappa shape index (κ3) is 3.07. The highest BCUT2D eigenvalue weighted by molar-refractivity contribution is 6.31. The quantitative estimate of drug-likeness (QED) is 0.708. The van der Waals surface area contributed by atoms with Crippen molar-refractivity contribution >= 4 is 34.7 Å². The Bertz CT molecular complexity index is 1040. The molecule has 138 valence electrons. The molecule has 0 radical (unpaired) electrons. The van der Waals surface area contributed by atoms with E-state index in [2.05, 4.69) is 10.4 Å². The molecule has 4 rings (SSSR count). The van der Waals surface area contributed by atoms with E-state index in [1.165, 1.54) is 0 Å². The second-order valence-electron chi connectivity index (χ2n) is 6.67. The van der Waals surface area contributed by atoms with E-state index in [-0.39, 0.29) is 5.91 Å². The van der Waals surface area contributed by atoms with Crippen LogP contribution >= 0.6 is 11.6 Å². The topological polar surface area (TPSA) is 76.2 Å². The lowest BCUT2D eigenvalue weighted by molar-refractivity contribution is 0.0985. The van der Waals surface area contributed by atoms with Crippen molar-refractivity contribution in [3.63, 3.8) is 0 Å². The molecule has 1 aliphatic rings. The number of nitrogens with one attached hydrogen (secondary N) is 1. The molecule has 0 saturated carbocycles. The first-order valence-electron chi connectivity index (χ1n) is 8.67. The van der Waals surface area contributed by atoms with Crippen LogP contribution in [0.2, 0.25) is 5.02 Å². The average Bonchev–Trinajstić information content (AvgIpc) is 2.90. The summed E-state index contributed by atoms with van der Waals surface area (Å²) in [6, 6.07) is 11.1. The third-order valence-electron chi connectivity index (χ3n) is 4.90. The first-order chi connectivity index (χ1) is 13.0. The van der Waals surface area contributed by atoms with Crippen molar-refractivity contribution in [1.29, 1.82) is 0 Å². The van der Waals surface area contributed by atoms with Gasteiger partial charge >= 0.3 is 0 Å². The number of carbonyl (C=O) groups excluding carboxylic acids is 1. The van der Waals surface area contributed by atoms with Gasteiger partial charge in [-0.1, -0.05) is 17.7 Å². The van der Waals surface area contributed by atoms with Gasteiger partial charge in [-0.15, -0.1) is 0 Å². The largest absolute Gasteiger partial charge is 0.338 e. The minimum absolute atomic E-state index is 0.0799. The molecule has 2 heterocycles. The molecule has 1 aromatic heterocycles. The number of carbonyl (C=O) groups is 1. The van der Waals surface area contributed by atoms with Gasteiger partial charge in [-0.05, 0) is 48.4 Å². The molecule has 0 atom stereocenters. The van der Waals surface area contributed by atoms with Crippen LogP contribution in [0.5, 0.6) is 0 Å². The summed E-state index contributed by atoms with van der Waals surface area (Å²) in [5, 5.41) is 8.27. The van der Waals surface area contributed by atoms with Crippen molar-refractivity contribution in [2.45, 2.75) is 20.0 Å². The van der Waals surface area contributed by atoms with E-state index in [0.29, 0.717) is 23.7 Å². The van der Waals surface area contributed by atoms with Gasteiger partial charge in [-0.3, -0.25) is 9.48 Å². The Kier molecular flexibility index (Phi) is 4.37. The highest BCUT2D eigenvalue weighted by Crippen LogP contribution is 2.37. The lowest BCUT2D eigenvalue weighted by Gasteiger charge is -2.23. The number of nitrogens with two attached hydrogens (primary N) is 1. The number of benzene rings is 2. The van der Waals surface area contributed by atoms with Crippen LogP contribution < -0.4 is 16.0 Å². The molecule has 0 saturated heterocycles. The molecule has 7 heteroatoms. The Hall–Kier alpha value is -2.83. The van der Waals surface area contributed by atoms with Gasteiger partial charge in [0, 0.05) is 29.7 Å². The van der Waals surface area contributed by atoms with Crippen LogP contribution in [-0.4, -0.2) is 15.7 Å². The van der Waals surface area contributed by atoms with E-state index < -0.39 is 0 Å². The monoisotopic (exact) mass is 381 g/mol. The normalized spacial score (nSPS) is 12.8. The first kappa shape index (κ1) is 17.6. The maximum Gasteiger partial charge on any atom is 0.258 e. The zero-order valence-electron chi connectivity index (χ0n) is 15.2. The van der Waals surface area contributed by atoms with E-state index in [1.54, 1.807) is 21.8 Å². The van der Waals surface area contributed by atoms with Gasteiger partial charge in [0.15, 0.2) is 0 Å². The molecular weight excluding hydrogens is 362 g/mol. The van der Waals surface area contributed by atoms with Crippen LogP contribution in [0.25, 0.3) is 0 Å². The summed E-state index contributed by atoms with van der Waals surface area (Å²) in [6.07, 6.45) is 1.78. The Labute approximate surface area is 162 Å². The SMILES string of the molecule is Cc1cc(C(=O)N2Cc3cnn(C)c3Nc3cc(Cl)ccc32)ccc1CN. The summed E-state index contributed by atoms with van der Waals surface area (Å²) >= 11 is 6.19. The Morgan fingerprint density at radius 1 is 1.30 bits per heavy atom. The van der Waals surface area contributed by atoms with Gasteiger partial charge < -0.3 is 16.0 Å². The Balaban J connectivity index is 1.81. The zero-order valence-corrected chi connectivity index (χ0v) is 15.9. The van der Waals surface area contributed by atoms with Crippen molar-refractivity contribution in [2.75, 3.05) is 10.2 Å². The predicted molar refractivity (Wildman–Crippen MR) is 108 cm³/mol. The van der Waals surface area contributed by atoms with Crippen LogP contribution in [0.4, 0.5) is 17.2 Å². The minimum atomic E-state index is -0.0799. The van der Waals surface area contributed by atoms with E-state index in [1.807, 2.05) is 44.3 Å². The number of nitrogens with zero attached hydrogens (tertiary/aromatic N) is 3. The van der Waals surface area contributed by atoms with Gasteiger partial charge in [-0.2, -0.15) is 5.10 Å². The summed E-state index contributed by atoms with van der Waals surface area (Å²) < 4.78 is 1.76. The molecular formula is C20H20ClN5O. The van der Waals surface area contributed by atoms with E-state index in [4.69, 9.17) is 17.3 Å². The number of aromatic nitrogens is 2. The first-order valence-corrected chi connectivity index (χ1v) is 9.04. The maximum absolute atomic E-state index is 13.4. The summed E-state index contributed by atoms with van der Waals surface area (Å²) in [5.74, 6) is 0.771. The molecule has 0 aliphatic carbocycles. The summed E-state index contributed by atoms with van der Waals surface area (Å²) in [5.41, 5.74) is 10.9. The van der Waals surface area contributed by atoms with Gasteiger partial charge in [0.2, 0.25) is 0 Å². The van der Waals surface area contributed by atoms with Crippen molar-refractivity contribution in [2.24, 2.45) is 12.8 Å². The smallest absolute Gasteiger partial charge is 0.258 e. The fourth-order valence-corrected chi connectivity index (χ4v) is 3.55. The number of anilines is 3. The number of hydrogen-bond donors (Lipinski definition) is 2. The van der Waals surface area contributed by atoms with E-state index in [0.717, 1.165) is 33.9 Å². The molecule has 6 nitrogen and oxygen atoms in total. The number of fused-ring (bicyclic) bond motifs is 2. The lowest BCUT2D eigenvalue weighted by Crippen LogP contribution is -2.30. The van der Waals surface area contributed by atoms with Gasteiger partial charge in [-0.25, -0.2) is 0 Å². The maximum atomic E-state index is 13.4. The molecule has 27 heavy (non-hydrogen) atoms. The number of hydrogen-bond acceptors (Lipinski definition) is 4. The number of rotatable bonds is 2. The van der Waals surface area contributed by atoms with Crippen LogP contribution in [0.15, 0.2) is 42.6 Å². The fraction of sp³-hybridized carbons (Fsp3) is 0.200. The average molecular weight is 382 g/mol.